The highest BCUT2D eigenvalue weighted by atomic mass is 14.9. The van der Waals surface area contributed by atoms with Crippen LogP contribution in [0.4, 0.5) is 11.5 Å². The van der Waals surface area contributed by atoms with Crippen LogP contribution in [0.25, 0.3) is 10.9 Å². The van der Waals surface area contributed by atoms with Crippen molar-refractivity contribution in [2.75, 3.05) is 5.73 Å². The third kappa shape index (κ3) is 1.14. The number of rotatable bonds is 0. The summed E-state index contributed by atoms with van der Waals surface area (Å²) in [5.74, 6) is 0.546. The predicted molar refractivity (Wildman–Crippen MR) is 67.4 cm³/mol. The third-order valence-electron chi connectivity index (χ3n) is 3.06. The third-order valence-corrected chi connectivity index (χ3v) is 3.06. The quantitative estimate of drug-likeness (QED) is 0.728. The number of nitrogens with two attached hydrogens (primary N) is 1. The van der Waals surface area contributed by atoms with Crippen molar-refractivity contribution in [1.82, 2.24) is 4.98 Å². The fourth-order valence-electron chi connectivity index (χ4n) is 2.38. The van der Waals surface area contributed by atoms with Gasteiger partial charge in [-0.2, -0.15) is 0 Å². The molecule has 0 unspecified atom stereocenters. The minimum Gasteiger partial charge on any atom is -0.382 e. The summed E-state index contributed by atoms with van der Waals surface area (Å²) in [4.78, 5) is 8.89. The molecule has 0 fully saturated rings. The van der Waals surface area contributed by atoms with Crippen LogP contribution in [0.5, 0.6) is 0 Å². The zero-order valence-electron chi connectivity index (χ0n) is 9.41. The summed E-state index contributed by atoms with van der Waals surface area (Å²) in [6.07, 6.45) is 0.892. The van der Waals surface area contributed by atoms with Gasteiger partial charge in [0.1, 0.15) is 11.5 Å². The van der Waals surface area contributed by atoms with Crippen LogP contribution >= 0.6 is 0 Å². The molecule has 16 heavy (non-hydrogen) atoms. The molecular formula is C13H13N3. The summed E-state index contributed by atoms with van der Waals surface area (Å²) in [6.45, 7) is 4.14. The summed E-state index contributed by atoms with van der Waals surface area (Å²) in [7, 11) is 0. The standard InChI is InChI=1S/C13H13N3/c1-7-4-3-5-10-11(7)9-6-8(2)15-12(9)13(14)16-10/h3-5H,6H2,1-2H3,(H2,14,16). The normalized spacial score (nSPS) is 14.0. The van der Waals surface area contributed by atoms with E-state index in [9.17, 15) is 0 Å². The smallest absolute Gasteiger partial charge is 0.150 e. The van der Waals surface area contributed by atoms with Crippen molar-refractivity contribution in [1.29, 1.82) is 0 Å². The van der Waals surface area contributed by atoms with E-state index >= 15 is 0 Å². The van der Waals surface area contributed by atoms with E-state index in [1.807, 2.05) is 19.1 Å². The van der Waals surface area contributed by atoms with Crippen molar-refractivity contribution in [3.8, 4) is 0 Å². The Morgan fingerprint density at radius 2 is 2.06 bits per heavy atom. The number of benzene rings is 1. The highest BCUT2D eigenvalue weighted by Gasteiger charge is 2.19. The number of aliphatic imine (C=N–C) groups is 1. The lowest BCUT2D eigenvalue weighted by Gasteiger charge is -2.08. The van der Waals surface area contributed by atoms with Gasteiger partial charge in [-0.15, -0.1) is 0 Å². The maximum absolute atomic E-state index is 5.93. The van der Waals surface area contributed by atoms with Crippen molar-refractivity contribution in [3.05, 3.63) is 29.3 Å². The van der Waals surface area contributed by atoms with Crippen LogP contribution in [0.3, 0.4) is 0 Å². The lowest BCUT2D eigenvalue weighted by molar-refractivity contribution is 1.33. The van der Waals surface area contributed by atoms with E-state index in [0.29, 0.717) is 5.82 Å². The van der Waals surface area contributed by atoms with E-state index in [0.717, 1.165) is 23.3 Å². The number of aromatic nitrogens is 1. The molecule has 0 saturated carbocycles. The Bertz CT molecular complexity index is 627. The lowest BCUT2D eigenvalue weighted by atomic mass is 10.0. The van der Waals surface area contributed by atoms with E-state index in [2.05, 4.69) is 23.0 Å². The van der Waals surface area contributed by atoms with Gasteiger partial charge in [0.2, 0.25) is 0 Å². The summed E-state index contributed by atoms with van der Waals surface area (Å²) in [6, 6.07) is 6.12. The molecule has 0 aliphatic carbocycles. The van der Waals surface area contributed by atoms with Crippen LogP contribution in [0.1, 0.15) is 18.1 Å². The molecule has 3 rings (SSSR count). The molecule has 1 aromatic heterocycles. The second kappa shape index (κ2) is 3.04. The maximum atomic E-state index is 5.93. The van der Waals surface area contributed by atoms with E-state index in [1.165, 1.54) is 16.5 Å². The van der Waals surface area contributed by atoms with Crippen LogP contribution in [-0.2, 0) is 6.42 Å². The first-order valence-electron chi connectivity index (χ1n) is 5.38. The molecule has 2 aromatic rings. The first-order chi connectivity index (χ1) is 7.66. The number of hydrogen-bond donors (Lipinski definition) is 1. The summed E-state index contributed by atoms with van der Waals surface area (Å²) in [5.41, 5.74) is 11.4. The molecule has 0 radical (unpaired) electrons. The highest BCUT2D eigenvalue weighted by Crippen LogP contribution is 2.37. The monoisotopic (exact) mass is 211 g/mol. The van der Waals surface area contributed by atoms with Crippen LogP contribution in [0, 0.1) is 6.92 Å². The number of pyridine rings is 1. The topological polar surface area (TPSA) is 51.3 Å². The second-order valence-electron chi connectivity index (χ2n) is 4.32. The van der Waals surface area contributed by atoms with Gasteiger partial charge in [-0.3, -0.25) is 4.99 Å². The Labute approximate surface area is 94.0 Å². The summed E-state index contributed by atoms with van der Waals surface area (Å²) < 4.78 is 0. The minimum atomic E-state index is 0.546. The van der Waals surface area contributed by atoms with Crippen molar-refractivity contribution < 1.29 is 0 Å². The average Bonchev–Trinajstić information content (AvgIpc) is 2.60. The molecule has 1 aliphatic heterocycles. The number of nitrogen functional groups attached to an aromatic ring is 1. The predicted octanol–water partition coefficient (Wildman–Crippen LogP) is 2.77. The molecule has 1 aliphatic rings. The highest BCUT2D eigenvalue weighted by molar-refractivity contribution is 6.02. The molecule has 0 atom stereocenters. The number of fused-ring (bicyclic) bond motifs is 3. The van der Waals surface area contributed by atoms with Gasteiger partial charge in [0, 0.05) is 17.5 Å². The molecule has 1 aromatic carbocycles. The fourth-order valence-corrected chi connectivity index (χ4v) is 2.38. The van der Waals surface area contributed by atoms with Crippen LogP contribution < -0.4 is 5.73 Å². The molecule has 0 spiro atoms. The van der Waals surface area contributed by atoms with Gasteiger partial charge in [-0.1, -0.05) is 12.1 Å². The zero-order valence-corrected chi connectivity index (χ0v) is 9.41. The van der Waals surface area contributed by atoms with Gasteiger partial charge in [0.25, 0.3) is 0 Å². The van der Waals surface area contributed by atoms with Crippen molar-refractivity contribution in [2.45, 2.75) is 20.3 Å². The fraction of sp³-hybridized carbons (Fsp3) is 0.231. The molecule has 2 heterocycles. The summed E-state index contributed by atoms with van der Waals surface area (Å²) in [5, 5.41) is 1.22. The van der Waals surface area contributed by atoms with Gasteiger partial charge in [-0.05, 0) is 31.0 Å². The number of hydrogen-bond acceptors (Lipinski definition) is 3. The molecule has 0 amide bonds. The van der Waals surface area contributed by atoms with Crippen LogP contribution in [-0.4, -0.2) is 10.7 Å². The number of nitrogens with zero attached hydrogens (tertiary/aromatic N) is 2. The molecule has 3 nitrogen and oxygen atoms in total. The molecular weight excluding hydrogens is 198 g/mol. The van der Waals surface area contributed by atoms with Crippen LogP contribution in [0.15, 0.2) is 23.2 Å². The SMILES string of the molecule is CC1=Nc2c(N)nc3cccc(C)c3c2C1. The Kier molecular flexibility index (Phi) is 1.78. The van der Waals surface area contributed by atoms with E-state index in [-0.39, 0.29) is 0 Å². The first-order valence-corrected chi connectivity index (χ1v) is 5.38. The Morgan fingerprint density at radius 1 is 1.25 bits per heavy atom. The molecule has 2 N–H and O–H groups in total. The van der Waals surface area contributed by atoms with E-state index in [1.54, 1.807) is 0 Å². The Balaban J connectivity index is 2.47. The Hall–Kier alpha value is -1.90. The molecule has 80 valence electrons. The van der Waals surface area contributed by atoms with Gasteiger partial charge in [-0.25, -0.2) is 4.98 Å². The number of aryl methyl sites for hydroxylation is 1. The van der Waals surface area contributed by atoms with Crippen molar-refractivity contribution in [2.24, 2.45) is 4.99 Å². The maximum Gasteiger partial charge on any atom is 0.150 e. The number of anilines is 1. The average molecular weight is 211 g/mol. The minimum absolute atomic E-state index is 0.546. The molecule has 0 bridgehead atoms. The van der Waals surface area contributed by atoms with Crippen molar-refractivity contribution in [3.63, 3.8) is 0 Å². The zero-order chi connectivity index (χ0) is 11.3. The van der Waals surface area contributed by atoms with Crippen LogP contribution in [0.2, 0.25) is 0 Å². The molecule has 0 saturated heterocycles. The van der Waals surface area contributed by atoms with Gasteiger partial charge >= 0.3 is 0 Å². The second-order valence-corrected chi connectivity index (χ2v) is 4.32. The van der Waals surface area contributed by atoms with Gasteiger partial charge in [0.15, 0.2) is 0 Å². The lowest BCUT2D eigenvalue weighted by Crippen LogP contribution is -1.96. The van der Waals surface area contributed by atoms with Gasteiger partial charge in [0.05, 0.1) is 5.52 Å². The largest absolute Gasteiger partial charge is 0.382 e. The first kappa shape index (κ1) is 9.33. The van der Waals surface area contributed by atoms with E-state index < -0.39 is 0 Å². The van der Waals surface area contributed by atoms with E-state index in [4.69, 9.17) is 5.73 Å². The van der Waals surface area contributed by atoms with Gasteiger partial charge < -0.3 is 5.73 Å². The molecule has 3 heteroatoms. The van der Waals surface area contributed by atoms with Crippen molar-refractivity contribution >= 4 is 28.1 Å². The Morgan fingerprint density at radius 3 is 2.88 bits per heavy atom. The summed E-state index contributed by atoms with van der Waals surface area (Å²) >= 11 is 0.